The first-order valence-corrected chi connectivity index (χ1v) is 7.53. The van der Waals surface area contributed by atoms with Gasteiger partial charge in [0, 0.05) is 25.7 Å². The van der Waals surface area contributed by atoms with Crippen molar-refractivity contribution >= 4 is 21.9 Å². The summed E-state index contributed by atoms with van der Waals surface area (Å²) in [4.78, 5) is 24.1. The van der Waals surface area contributed by atoms with Crippen molar-refractivity contribution < 1.29 is 23.1 Å². The molecule has 0 aliphatic rings. The molecule has 1 rings (SSSR count). The van der Waals surface area contributed by atoms with Crippen molar-refractivity contribution in [2.45, 2.75) is 24.7 Å². The fourth-order valence-corrected chi connectivity index (χ4v) is 2.41. The smallest absolute Gasteiger partial charge is 0.352 e. The minimum Gasteiger partial charge on any atom is -0.477 e. The van der Waals surface area contributed by atoms with Crippen molar-refractivity contribution in [2.75, 3.05) is 13.1 Å². The number of carboxylic acids is 1. The molecule has 0 saturated heterocycles. The molecule has 0 bridgehead atoms. The van der Waals surface area contributed by atoms with Gasteiger partial charge in [0.2, 0.25) is 15.9 Å². The Bertz CT molecular complexity index is 579. The summed E-state index contributed by atoms with van der Waals surface area (Å²) < 4.78 is 25.8. The molecule has 0 unspecified atom stereocenters. The largest absolute Gasteiger partial charge is 0.477 e. The summed E-state index contributed by atoms with van der Waals surface area (Å²) in [5.41, 5.74) is -0.217. The number of hydrogen-bond acceptors (Lipinski definition) is 4. The first kappa shape index (κ1) is 16.2. The molecule has 8 nitrogen and oxygen atoms in total. The summed E-state index contributed by atoms with van der Waals surface area (Å²) in [6.07, 6.45) is 1.91. The van der Waals surface area contributed by atoms with Crippen molar-refractivity contribution in [3.63, 3.8) is 0 Å². The van der Waals surface area contributed by atoms with Crippen LogP contribution < -0.4 is 10.0 Å². The normalized spacial score (nSPS) is 11.2. The van der Waals surface area contributed by atoms with Gasteiger partial charge in [-0.05, 0) is 12.5 Å². The Labute approximate surface area is 116 Å². The number of aromatic nitrogens is 1. The monoisotopic (exact) mass is 303 g/mol. The molecule has 20 heavy (non-hydrogen) atoms. The minimum atomic E-state index is -3.81. The second-order valence-corrected chi connectivity index (χ2v) is 5.82. The molecule has 0 aliphatic heterocycles. The Morgan fingerprint density at radius 2 is 2.05 bits per heavy atom. The van der Waals surface area contributed by atoms with Gasteiger partial charge >= 0.3 is 5.97 Å². The number of carbonyl (C=O) groups excluding carboxylic acids is 1. The van der Waals surface area contributed by atoms with Crippen LogP contribution in [0.25, 0.3) is 0 Å². The highest BCUT2D eigenvalue weighted by atomic mass is 32.2. The zero-order valence-corrected chi connectivity index (χ0v) is 11.8. The molecule has 1 heterocycles. The molecule has 1 amide bonds. The number of aromatic amines is 1. The third kappa shape index (κ3) is 4.67. The van der Waals surface area contributed by atoms with E-state index in [1.54, 1.807) is 0 Å². The van der Waals surface area contributed by atoms with Crippen molar-refractivity contribution in [2.24, 2.45) is 0 Å². The van der Waals surface area contributed by atoms with Crippen molar-refractivity contribution in [1.82, 2.24) is 15.0 Å². The van der Waals surface area contributed by atoms with E-state index in [4.69, 9.17) is 5.11 Å². The molecule has 1 aromatic rings. The lowest BCUT2D eigenvalue weighted by molar-refractivity contribution is -0.120. The molecule has 0 atom stereocenters. The van der Waals surface area contributed by atoms with E-state index >= 15 is 0 Å². The summed E-state index contributed by atoms with van der Waals surface area (Å²) in [5, 5.41) is 11.3. The summed E-state index contributed by atoms with van der Waals surface area (Å²) in [7, 11) is -3.81. The fraction of sp³-hybridized carbons (Fsp3) is 0.455. The van der Waals surface area contributed by atoms with E-state index in [-0.39, 0.29) is 29.5 Å². The number of sulfonamides is 1. The average molecular weight is 303 g/mol. The molecular weight excluding hydrogens is 286 g/mol. The van der Waals surface area contributed by atoms with E-state index in [2.05, 4.69) is 15.0 Å². The molecule has 9 heteroatoms. The van der Waals surface area contributed by atoms with Gasteiger partial charge in [-0.3, -0.25) is 4.79 Å². The third-order valence-electron chi connectivity index (χ3n) is 2.41. The minimum absolute atomic E-state index is 0.0233. The molecule has 0 radical (unpaired) electrons. The van der Waals surface area contributed by atoms with Crippen LogP contribution in [0.3, 0.4) is 0 Å². The van der Waals surface area contributed by atoms with Gasteiger partial charge in [-0.2, -0.15) is 0 Å². The Kier molecular flexibility index (Phi) is 5.71. The molecule has 0 aliphatic carbocycles. The Hall–Kier alpha value is -1.87. The highest BCUT2D eigenvalue weighted by Crippen LogP contribution is 2.10. The topological polar surface area (TPSA) is 128 Å². The second-order valence-electron chi connectivity index (χ2n) is 4.05. The molecule has 0 spiro atoms. The first-order valence-electron chi connectivity index (χ1n) is 6.05. The third-order valence-corrected chi connectivity index (χ3v) is 3.85. The van der Waals surface area contributed by atoms with Gasteiger partial charge < -0.3 is 15.4 Å². The second kappa shape index (κ2) is 7.06. The predicted octanol–water partition coefficient (Wildman–Crippen LogP) is -0.0925. The average Bonchev–Trinajstić information content (AvgIpc) is 2.86. The van der Waals surface area contributed by atoms with Crippen molar-refractivity contribution in [3.8, 4) is 0 Å². The van der Waals surface area contributed by atoms with Gasteiger partial charge in [-0.25, -0.2) is 17.9 Å². The lowest BCUT2D eigenvalue weighted by Gasteiger charge is -2.05. The SMILES string of the molecule is CCCNC(=O)CCNS(=O)(=O)c1c[nH]c(C(=O)O)c1. The van der Waals surface area contributed by atoms with Crippen LogP contribution in [-0.4, -0.2) is 43.5 Å². The van der Waals surface area contributed by atoms with Crippen LogP contribution in [0.4, 0.5) is 0 Å². The summed E-state index contributed by atoms with van der Waals surface area (Å²) >= 11 is 0. The van der Waals surface area contributed by atoms with Crippen LogP contribution in [0.2, 0.25) is 0 Å². The van der Waals surface area contributed by atoms with E-state index in [1.165, 1.54) is 0 Å². The van der Waals surface area contributed by atoms with E-state index in [9.17, 15) is 18.0 Å². The summed E-state index contributed by atoms with van der Waals surface area (Å²) in [6, 6.07) is 1.02. The number of aromatic carboxylic acids is 1. The fourth-order valence-electron chi connectivity index (χ4n) is 1.39. The number of nitrogens with one attached hydrogen (secondary N) is 3. The number of carboxylic acid groups (broad SMARTS) is 1. The Morgan fingerprint density at radius 1 is 1.35 bits per heavy atom. The maximum absolute atomic E-state index is 11.8. The van der Waals surface area contributed by atoms with Gasteiger partial charge in [0.1, 0.15) is 10.6 Å². The summed E-state index contributed by atoms with van der Waals surface area (Å²) in [6.45, 7) is 2.41. The zero-order valence-electron chi connectivity index (χ0n) is 11.0. The van der Waals surface area contributed by atoms with E-state index in [0.717, 1.165) is 18.7 Å². The molecule has 0 aromatic carbocycles. The maximum atomic E-state index is 11.8. The molecule has 112 valence electrons. The Balaban J connectivity index is 2.53. The highest BCUT2D eigenvalue weighted by Gasteiger charge is 2.18. The zero-order chi connectivity index (χ0) is 15.2. The number of carbonyl (C=O) groups is 2. The molecule has 1 aromatic heterocycles. The quantitative estimate of drug-likeness (QED) is 0.533. The number of hydrogen-bond donors (Lipinski definition) is 4. The number of H-pyrrole nitrogens is 1. The molecular formula is C11H17N3O5S. The predicted molar refractivity (Wildman–Crippen MR) is 70.9 cm³/mol. The van der Waals surface area contributed by atoms with E-state index in [0.29, 0.717) is 6.54 Å². The van der Waals surface area contributed by atoms with Crippen LogP contribution in [0.5, 0.6) is 0 Å². The number of rotatable bonds is 8. The standard InChI is InChI=1S/C11H17N3O5S/c1-2-4-12-10(15)3-5-14-20(18,19)8-6-9(11(16)17)13-7-8/h6-7,13-14H,2-5H2,1H3,(H,12,15)(H,16,17). The van der Waals surface area contributed by atoms with Gasteiger partial charge in [0.15, 0.2) is 0 Å². The van der Waals surface area contributed by atoms with Crippen LogP contribution in [0.15, 0.2) is 17.2 Å². The van der Waals surface area contributed by atoms with Gasteiger partial charge in [0.25, 0.3) is 0 Å². The maximum Gasteiger partial charge on any atom is 0.352 e. The lowest BCUT2D eigenvalue weighted by Crippen LogP contribution is -2.31. The van der Waals surface area contributed by atoms with Gasteiger partial charge in [-0.15, -0.1) is 0 Å². The lowest BCUT2D eigenvalue weighted by atomic mass is 10.4. The van der Waals surface area contributed by atoms with Crippen LogP contribution in [-0.2, 0) is 14.8 Å². The van der Waals surface area contributed by atoms with Crippen molar-refractivity contribution in [1.29, 1.82) is 0 Å². The number of amides is 1. The molecule has 0 saturated carbocycles. The highest BCUT2D eigenvalue weighted by molar-refractivity contribution is 7.89. The summed E-state index contributed by atoms with van der Waals surface area (Å²) in [5.74, 6) is -1.49. The van der Waals surface area contributed by atoms with Gasteiger partial charge in [-0.1, -0.05) is 6.92 Å². The first-order chi connectivity index (χ1) is 9.36. The van der Waals surface area contributed by atoms with Crippen LogP contribution >= 0.6 is 0 Å². The molecule has 4 N–H and O–H groups in total. The van der Waals surface area contributed by atoms with E-state index < -0.39 is 16.0 Å². The van der Waals surface area contributed by atoms with Crippen LogP contribution in [0.1, 0.15) is 30.3 Å². The Morgan fingerprint density at radius 3 is 2.60 bits per heavy atom. The van der Waals surface area contributed by atoms with E-state index in [1.807, 2.05) is 6.92 Å². The van der Waals surface area contributed by atoms with Crippen LogP contribution in [0, 0.1) is 0 Å². The van der Waals surface area contributed by atoms with Gasteiger partial charge in [0.05, 0.1) is 0 Å². The molecule has 0 fully saturated rings. The van der Waals surface area contributed by atoms with Crippen molar-refractivity contribution in [3.05, 3.63) is 18.0 Å².